The Labute approximate surface area is 144 Å². The minimum atomic E-state index is 0.270. The van der Waals surface area contributed by atoms with Crippen LogP contribution in [0.2, 0.25) is 0 Å². The average Bonchev–Trinajstić information content (AvgIpc) is 3.30. The lowest BCUT2D eigenvalue weighted by molar-refractivity contribution is 0.128. The zero-order valence-corrected chi connectivity index (χ0v) is 14.7. The van der Waals surface area contributed by atoms with E-state index in [4.69, 9.17) is 23.4 Å². The quantitative estimate of drug-likeness (QED) is 0.704. The van der Waals surface area contributed by atoms with E-state index in [1.807, 2.05) is 0 Å². The molecule has 0 N–H and O–H groups in total. The summed E-state index contributed by atoms with van der Waals surface area (Å²) in [6.07, 6.45) is 2.47. The van der Waals surface area contributed by atoms with Crippen molar-refractivity contribution in [1.29, 1.82) is 0 Å². The molecule has 1 fully saturated rings. The first kappa shape index (κ1) is 16.9. The fourth-order valence-electron chi connectivity index (χ4n) is 2.53. The van der Waals surface area contributed by atoms with Gasteiger partial charge < -0.3 is 23.4 Å². The molecule has 0 aliphatic carbocycles. The largest absolute Gasteiger partial charge is 0.493 e. The maximum absolute atomic E-state index is 5.74. The van der Waals surface area contributed by atoms with Crippen LogP contribution in [-0.4, -0.2) is 50.0 Å². The van der Waals surface area contributed by atoms with Crippen LogP contribution in [0, 0.1) is 0 Å². The van der Waals surface area contributed by atoms with Gasteiger partial charge >= 0.3 is 0 Å². The lowest BCUT2D eigenvalue weighted by atomic mass is 10.2. The Bertz CT molecular complexity index is 660. The molecule has 1 aliphatic heterocycles. The number of thioether (sulfide) groups is 1. The Morgan fingerprint density at radius 3 is 2.46 bits per heavy atom. The summed E-state index contributed by atoms with van der Waals surface area (Å²) in [6.45, 7) is 0.839. The Balaban J connectivity index is 1.78. The van der Waals surface area contributed by atoms with Crippen molar-refractivity contribution in [3.63, 3.8) is 0 Å². The van der Waals surface area contributed by atoms with Gasteiger partial charge in [-0.25, -0.2) is 0 Å². The van der Waals surface area contributed by atoms with Crippen LogP contribution in [0.3, 0.4) is 0 Å². The third-order valence-electron chi connectivity index (χ3n) is 3.73. The van der Waals surface area contributed by atoms with E-state index in [9.17, 15) is 0 Å². The summed E-state index contributed by atoms with van der Waals surface area (Å²) in [4.78, 5) is 0. The topological polar surface area (TPSA) is 75.8 Å². The minimum absolute atomic E-state index is 0.270. The zero-order chi connectivity index (χ0) is 16.9. The lowest BCUT2D eigenvalue weighted by Gasteiger charge is -2.12. The standard InChI is InChI=1S/C16H20N2O5S/c1-19-12-7-10(8-13(20-2)14(12)21-3)15-17-18-16(23-15)24-9-11-5-4-6-22-11/h7-8,11H,4-6,9H2,1-3H3/t11-/m1/s1. The Kier molecular flexibility index (Phi) is 5.47. The molecule has 2 aromatic rings. The predicted octanol–water partition coefficient (Wildman–Crippen LogP) is 3.03. The molecule has 1 saturated heterocycles. The number of ether oxygens (including phenoxy) is 4. The van der Waals surface area contributed by atoms with E-state index in [1.165, 1.54) is 11.8 Å². The first-order valence-corrected chi connectivity index (χ1v) is 8.62. The second kappa shape index (κ2) is 7.76. The molecule has 2 heterocycles. The zero-order valence-electron chi connectivity index (χ0n) is 13.9. The SMILES string of the molecule is COc1cc(-c2nnc(SC[C@H]3CCCO3)o2)cc(OC)c1OC. The molecule has 0 radical (unpaired) electrons. The summed E-state index contributed by atoms with van der Waals surface area (Å²) in [7, 11) is 4.70. The van der Waals surface area contributed by atoms with Crippen LogP contribution in [0.25, 0.3) is 11.5 Å². The van der Waals surface area contributed by atoms with Gasteiger partial charge in [0, 0.05) is 17.9 Å². The first-order valence-electron chi connectivity index (χ1n) is 7.63. The van der Waals surface area contributed by atoms with Gasteiger partial charge in [-0.15, -0.1) is 10.2 Å². The monoisotopic (exact) mass is 352 g/mol. The smallest absolute Gasteiger partial charge is 0.276 e. The van der Waals surface area contributed by atoms with Gasteiger partial charge in [-0.05, 0) is 25.0 Å². The molecular formula is C16H20N2O5S. The molecule has 0 bridgehead atoms. The van der Waals surface area contributed by atoms with E-state index < -0.39 is 0 Å². The van der Waals surface area contributed by atoms with Crippen molar-refractivity contribution in [2.75, 3.05) is 33.7 Å². The highest BCUT2D eigenvalue weighted by molar-refractivity contribution is 7.99. The normalized spacial score (nSPS) is 17.0. The van der Waals surface area contributed by atoms with Crippen LogP contribution in [0.4, 0.5) is 0 Å². The number of benzene rings is 1. The van der Waals surface area contributed by atoms with Crippen LogP contribution < -0.4 is 14.2 Å². The van der Waals surface area contributed by atoms with Gasteiger partial charge in [-0.1, -0.05) is 11.8 Å². The van der Waals surface area contributed by atoms with Gasteiger partial charge in [0.2, 0.25) is 11.6 Å². The lowest BCUT2D eigenvalue weighted by Crippen LogP contribution is -2.07. The second-order valence-corrected chi connectivity index (χ2v) is 6.20. The molecule has 0 saturated carbocycles. The van der Waals surface area contributed by atoms with E-state index >= 15 is 0 Å². The second-order valence-electron chi connectivity index (χ2n) is 5.23. The molecule has 130 valence electrons. The average molecular weight is 352 g/mol. The number of hydrogen-bond donors (Lipinski definition) is 0. The summed E-state index contributed by atoms with van der Waals surface area (Å²) in [5.74, 6) is 2.83. The van der Waals surface area contributed by atoms with Crippen molar-refractivity contribution in [2.45, 2.75) is 24.2 Å². The number of rotatable bonds is 7. The summed E-state index contributed by atoms with van der Waals surface area (Å²) < 4.78 is 27.3. The van der Waals surface area contributed by atoms with E-state index in [1.54, 1.807) is 33.5 Å². The molecule has 7 nitrogen and oxygen atoms in total. The van der Waals surface area contributed by atoms with Crippen LogP contribution in [0.5, 0.6) is 17.2 Å². The Morgan fingerprint density at radius 2 is 1.88 bits per heavy atom. The van der Waals surface area contributed by atoms with E-state index in [-0.39, 0.29) is 6.10 Å². The van der Waals surface area contributed by atoms with Crippen LogP contribution in [0.1, 0.15) is 12.8 Å². The van der Waals surface area contributed by atoms with Crippen LogP contribution in [0.15, 0.2) is 21.8 Å². The summed E-state index contributed by atoms with van der Waals surface area (Å²) in [6, 6.07) is 3.56. The molecule has 1 aliphatic rings. The van der Waals surface area contributed by atoms with Gasteiger partial charge in [0.05, 0.1) is 27.4 Å². The summed E-state index contributed by atoms with van der Waals surface area (Å²) in [5, 5.41) is 8.72. The third-order valence-corrected chi connectivity index (χ3v) is 4.69. The van der Waals surface area contributed by atoms with Gasteiger partial charge in [-0.3, -0.25) is 0 Å². The molecule has 8 heteroatoms. The summed E-state index contributed by atoms with van der Waals surface area (Å²) >= 11 is 1.51. The van der Waals surface area contributed by atoms with Crippen molar-refractivity contribution in [2.24, 2.45) is 0 Å². The van der Waals surface area contributed by atoms with Crippen molar-refractivity contribution >= 4 is 11.8 Å². The molecule has 0 unspecified atom stereocenters. The molecule has 1 atom stereocenters. The highest BCUT2D eigenvalue weighted by atomic mass is 32.2. The highest BCUT2D eigenvalue weighted by Gasteiger charge is 2.20. The molecule has 0 amide bonds. The van der Waals surface area contributed by atoms with Crippen LogP contribution >= 0.6 is 11.8 Å². The van der Waals surface area contributed by atoms with Gasteiger partial charge in [0.25, 0.3) is 5.22 Å². The Hall–Kier alpha value is -1.93. The molecule has 1 aromatic heterocycles. The maximum atomic E-state index is 5.74. The third kappa shape index (κ3) is 3.59. The molecule has 1 aromatic carbocycles. The number of nitrogens with zero attached hydrogens (tertiary/aromatic N) is 2. The molecule has 24 heavy (non-hydrogen) atoms. The van der Waals surface area contributed by atoms with Crippen LogP contribution in [-0.2, 0) is 4.74 Å². The first-order chi connectivity index (χ1) is 11.7. The number of aromatic nitrogens is 2. The Morgan fingerprint density at radius 1 is 1.12 bits per heavy atom. The van der Waals surface area contributed by atoms with Crippen molar-refractivity contribution < 1.29 is 23.4 Å². The van der Waals surface area contributed by atoms with E-state index in [0.717, 1.165) is 25.2 Å². The van der Waals surface area contributed by atoms with E-state index in [2.05, 4.69) is 10.2 Å². The van der Waals surface area contributed by atoms with Gasteiger partial charge in [-0.2, -0.15) is 0 Å². The van der Waals surface area contributed by atoms with Crippen molar-refractivity contribution in [1.82, 2.24) is 10.2 Å². The fraction of sp³-hybridized carbons (Fsp3) is 0.500. The maximum Gasteiger partial charge on any atom is 0.276 e. The number of hydrogen-bond acceptors (Lipinski definition) is 8. The fourth-order valence-corrected chi connectivity index (χ4v) is 3.36. The van der Waals surface area contributed by atoms with E-state index in [0.29, 0.717) is 33.9 Å². The van der Waals surface area contributed by atoms with Crippen molar-refractivity contribution in [3.05, 3.63) is 12.1 Å². The molecule has 0 spiro atoms. The van der Waals surface area contributed by atoms with Gasteiger partial charge in [0.15, 0.2) is 11.5 Å². The summed E-state index contributed by atoms with van der Waals surface area (Å²) in [5.41, 5.74) is 0.709. The molecule has 3 rings (SSSR count). The highest BCUT2D eigenvalue weighted by Crippen LogP contribution is 2.41. The van der Waals surface area contributed by atoms with Crippen molar-refractivity contribution in [3.8, 4) is 28.7 Å². The van der Waals surface area contributed by atoms with Gasteiger partial charge in [0.1, 0.15) is 0 Å². The number of methoxy groups -OCH3 is 3. The minimum Gasteiger partial charge on any atom is -0.493 e. The molecular weight excluding hydrogens is 332 g/mol. The predicted molar refractivity (Wildman–Crippen MR) is 89.1 cm³/mol.